The molecule has 0 aliphatic carbocycles. The van der Waals surface area contributed by atoms with Gasteiger partial charge in [0.2, 0.25) is 5.91 Å². The van der Waals surface area contributed by atoms with Crippen molar-refractivity contribution in [3.63, 3.8) is 0 Å². The summed E-state index contributed by atoms with van der Waals surface area (Å²) in [5, 5.41) is 6.57. The Balaban J connectivity index is 1.85. The summed E-state index contributed by atoms with van der Waals surface area (Å²) in [6, 6.07) is 12.2. The maximum Gasteiger partial charge on any atom is 0.257 e. The number of likely N-dealkylation sites (N-methyl/N-ethyl adjacent to an activating group) is 1. The van der Waals surface area contributed by atoms with E-state index in [1.54, 1.807) is 41.3 Å². The van der Waals surface area contributed by atoms with Crippen LogP contribution in [-0.2, 0) is 4.79 Å². The fourth-order valence-electron chi connectivity index (χ4n) is 3.30. The number of nitrogens with one attached hydrogen (secondary N) is 2. The second kappa shape index (κ2) is 9.19. The van der Waals surface area contributed by atoms with Crippen molar-refractivity contribution >= 4 is 40.5 Å². The number of benzene rings is 2. The summed E-state index contributed by atoms with van der Waals surface area (Å²) in [5.41, 5.74) is 2.14. The van der Waals surface area contributed by atoms with Crippen LogP contribution in [0.25, 0.3) is 0 Å². The van der Waals surface area contributed by atoms with Crippen molar-refractivity contribution in [1.29, 1.82) is 0 Å². The summed E-state index contributed by atoms with van der Waals surface area (Å²) in [7, 11) is 0. The van der Waals surface area contributed by atoms with Gasteiger partial charge in [-0.25, -0.2) is 0 Å². The van der Waals surface area contributed by atoms with Gasteiger partial charge in [-0.2, -0.15) is 0 Å². The Morgan fingerprint density at radius 1 is 1.14 bits per heavy atom. The fraction of sp³-hybridized carbons (Fsp3) is 0.333. The molecule has 2 aromatic rings. The van der Waals surface area contributed by atoms with Gasteiger partial charge in [-0.05, 0) is 43.4 Å². The molecule has 2 amide bonds. The van der Waals surface area contributed by atoms with Crippen molar-refractivity contribution in [2.75, 3.05) is 42.9 Å². The molecule has 1 heterocycles. The lowest BCUT2D eigenvalue weighted by Gasteiger charge is -2.25. The molecule has 28 heavy (non-hydrogen) atoms. The molecule has 2 aromatic carbocycles. The third-order valence-electron chi connectivity index (χ3n) is 4.86. The van der Waals surface area contributed by atoms with E-state index in [4.69, 9.17) is 11.6 Å². The zero-order chi connectivity index (χ0) is 20.1. The van der Waals surface area contributed by atoms with Crippen LogP contribution in [0, 0.1) is 0 Å². The third-order valence-corrected chi connectivity index (χ3v) is 5.10. The van der Waals surface area contributed by atoms with E-state index in [0.717, 1.165) is 19.6 Å². The number of halogens is 1. The number of amides is 2. The largest absolute Gasteiger partial charge is 0.320 e. The van der Waals surface area contributed by atoms with Crippen molar-refractivity contribution in [2.45, 2.75) is 13.8 Å². The van der Waals surface area contributed by atoms with Gasteiger partial charge >= 0.3 is 0 Å². The molecule has 0 unspecified atom stereocenters. The average Bonchev–Trinajstić information content (AvgIpc) is 2.81. The summed E-state index contributed by atoms with van der Waals surface area (Å²) in [6.07, 6.45) is 0. The topological polar surface area (TPSA) is 64.7 Å². The Labute approximate surface area is 170 Å². The number of hydrogen-bond donors (Lipinski definition) is 2. The van der Waals surface area contributed by atoms with Crippen LogP contribution in [0.3, 0.4) is 0 Å². The molecular weight excluding hydrogens is 376 g/mol. The van der Waals surface area contributed by atoms with Gasteiger partial charge in [0.15, 0.2) is 0 Å². The minimum atomic E-state index is -0.260. The van der Waals surface area contributed by atoms with Crippen LogP contribution in [0.15, 0.2) is 42.5 Å². The van der Waals surface area contributed by atoms with Crippen LogP contribution in [0.1, 0.15) is 24.2 Å². The Hall–Kier alpha value is -2.41. The molecule has 3 rings (SSSR count). The first-order chi connectivity index (χ1) is 13.5. The highest BCUT2D eigenvalue weighted by atomic mass is 35.5. The minimum Gasteiger partial charge on any atom is -0.320 e. The SMILES string of the molecule is CCN(CC)CCNCC(=O)N1c2ccc(Cl)cc2NC(=O)c2ccccc21. The summed E-state index contributed by atoms with van der Waals surface area (Å²) in [6.45, 7) is 7.97. The van der Waals surface area contributed by atoms with Crippen molar-refractivity contribution in [1.82, 2.24) is 10.2 Å². The lowest BCUT2D eigenvalue weighted by Crippen LogP contribution is -2.39. The number of fused-ring (bicyclic) bond motifs is 2. The molecule has 0 aromatic heterocycles. The zero-order valence-electron chi connectivity index (χ0n) is 16.2. The quantitative estimate of drug-likeness (QED) is 0.698. The molecule has 7 heteroatoms. The number of anilines is 3. The van der Waals surface area contributed by atoms with Gasteiger partial charge in [0.1, 0.15) is 0 Å². The number of hydrogen-bond acceptors (Lipinski definition) is 4. The smallest absolute Gasteiger partial charge is 0.257 e. The van der Waals surface area contributed by atoms with Crippen molar-refractivity contribution < 1.29 is 9.59 Å². The second-order valence-electron chi connectivity index (χ2n) is 6.57. The summed E-state index contributed by atoms with van der Waals surface area (Å²) >= 11 is 6.10. The van der Waals surface area contributed by atoms with Crippen LogP contribution in [0.5, 0.6) is 0 Å². The lowest BCUT2D eigenvalue weighted by atomic mass is 10.1. The van der Waals surface area contributed by atoms with Gasteiger partial charge in [0.05, 0.1) is 29.2 Å². The molecule has 0 fully saturated rings. The molecule has 0 radical (unpaired) electrons. The van der Waals surface area contributed by atoms with E-state index in [2.05, 4.69) is 29.4 Å². The molecule has 0 spiro atoms. The summed E-state index contributed by atoms with van der Waals surface area (Å²) in [4.78, 5) is 29.6. The van der Waals surface area contributed by atoms with E-state index in [1.807, 2.05) is 6.07 Å². The molecule has 0 saturated carbocycles. The van der Waals surface area contributed by atoms with E-state index in [0.29, 0.717) is 34.2 Å². The van der Waals surface area contributed by atoms with Crippen molar-refractivity contribution in [3.05, 3.63) is 53.1 Å². The molecular formula is C21H25ClN4O2. The monoisotopic (exact) mass is 400 g/mol. The van der Waals surface area contributed by atoms with Gasteiger partial charge in [0.25, 0.3) is 5.91 Å². The first kappa shape index (κ1) is 20.3. The molecule has 1 aliphatic heterocycles. The van der Waals surface area contributed by atoms with Crippen LogP contribution in [-0.4, -0.2) is 49.4 Å². The standard InChI is InChI=1S/C21H25ClN4O2/c1-3-25(4-2)12-11-23-14-20(27)26-18-8-6-5-7-16(18)21(28)24-17-13-15(22)9-10-19(17)26/h5-10,13,23H,3-4,11-12,14H2,1-2H3,(H,24,28). The van der Waals surface area contributed by atoms with E-state index in [-0.39, 0.29) is 18.4 Å². The van der Waals surface area contributed by atoms with Crippen molar-refractivity contribution in [2.24, 2.45) is 0 Å². The number of rotatable bonds is 7. The normalized spacial score (nSPS) is 13.0. The maximum atomic E-state index is 13.1. The first-order valence-corrected chi connectivity index (χ1v) is 9.88. The Morgan fingerprint density at radius 2 is 1.89 bits per heavy atom. The molecule has 1 aliphatic rings. The maximum absolute atomic E-state index is 13.1. The number of nitrogens with zero attached hydrogens (tertiary/aromatic N) is 2. The van der Waals surface area contributed by atoms with E-state index in [9.17, 15) is 9.59 Å². The van der Waals surface area contributed by atoms with Gasteiger partial charge < -0.3 is 15.5 Å². The van der Waals surface area contributed by atoms with E-state index < -0.39 is 0 Å². The molecule has 148 valence electrons. The zero-order valence-corrected chi connectivity index (χ0v) is 16.9. The van der Waals surface area contributed by atoms with E-state index in [1.165, 1.54) is 0 Å². The highest BCUT2D eigenvalue weighted by molar-refractivity contribution is 6.31. The number of carbonyl (C=O) groups is 2. The Kier molecular flexibility index (Phi) is 6.67. The van der Waals surface area contributed by atoms with E-state index >= 15 is 0 Å². The second-order valence-corrected chi connectivity index (χ2v) is 7.00. The Morgan fingerprint density at radius 3 is 2.64 bits per heavy atom. The predicted octanol–water partition coefficient (Wildman–Crippen LogP) is 3.50. The molecule has 0 bridgehead atoms. The van der Waals surface area contributed by atoms with Gasteiger partial charge in [-0.15, -0.1) is 0 Å². The van der Waals surface area contributed by atoms with Crippen LogP contribution >= 0.6 is 11.6 Å². The highest BCUT2D eigenvalue weighted by Gasteiger charge is 2.29. The fourth-order valence-corrected chi connectivity index (χ4v) is 3.48. The number of carbonyl (C=O) groups excluding carboxylic acids is 2. The van der Waals surface area contributed by atoms with Crippen molar-refractivity contribution in [3.8, 4) is 0 Å². The highest BCUT2D eigenvalue weighted by Crippen LogP contribution is 2.39. The molecule has 6 nitrogen and oxygen atoms in total. The Bertz CT molecular complexity index is 867. The van der Waals surface area contributed by atoms with Gasteiger partial charge in [-0.1, -0.05) is 37.6 Å². The number of para-hydroxylation sites is 1. The predicted molar refractivity (Wildman–Crippen MR) is 114 cm³/mol. The summed E-state index contributed by atoms with van der Waals surface area (Å²) < 4.78 is 0. The van der Waals surface area contributed by atoms with Gasteiger partial charge in [-0.3, -0.25) is 14.5 Å². The third kappa shape index (κ3) is 4.35. The molecule has 0 saturated heterocycles. The summed E-state index contributed by atoms with van der Waals surface area (Å²) in [5.74, 6) is -0.393. The minimum absolute atomic E-state index is 0.132. The van der Waals surface area contributed by atoms with Crippen LogP contribution < -0.4 is 15.5 Å². The average molecular weight is 401 g/mol. The van der Waals surface area contributed by atoms with Crippen LogP contribution in [0.2, 0.25) is 5.02 Å². The molecule has 0 atom stereocenters. The van der Waals surface area contributed by atoms with Gasteiger partial charge in [0, 0.05) is 18.1 Å². The molecule has 2 N–H and O–H groups in total. The lowest BCUT2D eigenvalue weighted by molar-refractivity contribution is -0.117. The van der Waals surface area contributed by atoms with Crippen LogP contribution in [0.4, 0.5) is 17.1 Å². The first-order valence-electron chi connectivity index (χ1n) is 9.51.